The number of hydrogen-bond donors (Lipinski definition) is 0. The van der Waals surface area contributed by atoms with Crippen molar-refractivity contribution in [2.45, 2.75) is 42.1 Å². The van der Waals surface area contributed by atoms with Crippen LogP contribution in [0.4, 0.5) is 0 Å². The highest BCUT2D eigenvalue weighted by Gasteiger charge is 2.26. The number of rotatable bonds is 4. The van der Waals surface area contributed by atoms with Gasteiger partial charge in [0.1, 0.15) is 0 Å². The fourth-order valence-corrected chi connectivity index (χ4v) is 4.85. The molecule has 6 nitrogen and oxygen atoms in total. The van der Waals surface area contributed by atoms with Crippen LogP contribution < -0.4 is 5.56 Å². The molecule has 0 saturated carbocycles. The van der Waals surface area contributed by atoms with Crippen molar-refractivity contribution >= 4 is 29.4 Å². The van der Waals surface area contributed by atoms with Crippen molar-refractivity contribution in [3.63, 3.8) is 0 Å². The second-order valence-electron chi connectivity index (χ2n) is 5.63. The van der Waals surface area contributed by atoms with Crippen molar-refractivity contribution < 1.29 is 9.53 Å². The third kappa shape index (κ3) is 3.59. The highest BCUT2D eigenvalue weighted by Crippen LogP contribution is 2.34. The van der Waals surface area contributed by atoms with Crippen LogP contribution in [0.25, 0.3) is 0 Å². The van der Waals surface area contributed by atoms with E-state index in [0.29, 0.717) is 49.0 Å². The van der Waals surface area contributed by atoms with Crippen LogP contribution in [0.5, 0.6) is 0 Å². The highest BCUT2D eigenvalue weighted by atomic mass is 32.2. The van der Waals surface area contributed by atoms with Gasteiger partial charge in [-0.3, -0.25) is 14.2 Å². The lowest BCUT2D eigenvalue weighted by Gasteiger charge is -2.26. The van der Waals surface area contributed by atoms with Crippen LogP contribution in [0.3, 0.4) is 0 Å². The third-order valence-electron chi connectivity index (χ3n) is 3.97. The Kier molecular flexibility index (Phi) is 5.33. The molecule has 1 aromatic heterocycles. The molecule has 0 spiro atoms. The van der Waals surface area contributed by atoms with Crippen LogP contribution in [0.1, 0.15) is 19.5 Å². The summed E-state index contributed by atoms with van der Waals surface area (Å²) >= 11 is 2.97. The van der Waals surface area contributed by atoms with Crippen molar-refractivity contribution in [2.24, 2.45) is 0 Å². The SMILES string of the molecule is CCn1c(SCC(=O)N2CCOCC2)nc2c(c1=O)S[C@H](C)C2. The van der Waals surface area contributed by atoms with Crippen LogP contribution in [0, 0.1) is 0 Å². The molecule has 2 aliphatic heterocycles. The highest BCUT2D eigenvalue weighted by molar-refractivity contribution is 8.00. The average Bonchev–Trinajstić information content (AvgIpc) is 2.94. The zero-order valence-corrected chi connectivity index (χ0v) is 15.0. The zero-order valence-electron chi connectivity index (χ0n) is 13.4. The summed E-state index contributed by atoms with van der Waals surface area (Å²) < 4.78 is 6.95. The number of hydrogen-bond acceptors (Lipinski definition) is 6. The maximum atomic E-state index is 12.6. The van der Waals surface area contributed by atoms with Crippen molar-refractivity contribution in [1.29, 1.82) is 0 Å². The number of morpholine rings is 1. The lowest BCUT2D eigenvalue weighted by Crippen LogP contribution is -2.41. The van der Waals surface area contributed by atoms with Crippen molar-refractivity contribution in [1.82, 2.24) is 14.5 Å². The van der Waals surface area contributed by atoms with E-state index in [1.54, 1.807) is 16.3 Å². The van der Waals surface area contributed by atoms with E-state index in [1.165, 1.54) is 11.8 Å². The van der Waals surface area contributed by atoms with E-state index in [0.717, 1.165) is 17.0 Å². The first-order valence-corrected chi connectivity index (χ1v) is 9.75. The summed E-state index contributed by atoms with van der Waals surface area (Å²) in [4.78, 5) is 32.1. The smallest absolute Gasteiger partial charge is 0.268 e. The molecule has 0 N–H and O–H groups in total. The lowest BCUT2D eigenvalue weighted by molar-refractivity contribution is -0.132. The molecule has 0 radical (unpaired) electrons. The maximum absolute atomic E-state index is 12.6. The van der Waals surface area contributed by atoms with Gasteiger partial charge >= 0.3 is 0 Å². The van der Waals surface area contributed by atoms with Crippen molar-refractivity contribution in [3.8, 4) is 0 Å². The van der Waals surface area contributed by atoms with E-state index in [1.807, 2.05) is 11.8 Å². The number of thioether (sulfide) groups is 2. The number of aromatic nitrogens is 2. The Labute approximate surface area is 144 Å². The molecule has 2 aliphatic rings. The summed E-state index contributed by atoms with van der Waals surface area (Å²) in [5.74, 6) is 0.395. The monoisotopic (exact) mass is 355 g/mol. The van der Waals surface area contributed by atoms with Gasteiger partial charge in [-0.25, -0.2) is 4.98 Å². The van der Waals surface area contributed by atoms with Crippen LogP contribution >= 0.6 is 23.5 Å². The fraction of sp³-hybridized carbons (Fsp3) is 0.667. The molecule has 126 valence electrons. The van der Waals surface area contributed by atoms with E-state index in [4.69, 9.17) is 4.74 Å². The Morgan fingerprint density at radius 2 is 2.17 bits per heavy atom. The summed E-state index contributed by atoms with van der Waals surface area (Å²) in [5.41, 5.74) is 0.923. The third-order valence-corrected chi connectivity index (χ3v) is 6.14. The molecule has 8 heteroatoms. The van der Waals surface area contributed by atoms with Gasteiger partial charge in [-0.05, 0) is 6.92 Å². The van der Waals surface area contributed by atoms with E-state index in [2.05, 4.69) is 11.9 Å². The molecule has 23 heavy (non-hydrogen) atoms. The first kappa shape index (κ1) is 16.9. The van der Waals surface area contributed by atoms with Gasteiger partial charge in [0.25, 0.3) is 5.56 Å². The fourth-order valence-electron chi connectivity index (χ4n) is 2.75. The molecule has 0 bridgehead atoms. The minimum Gasteiger partial charge on any atom is -0.378 e. The number of fused-ring (bicyclic) bond motifs is 1. The molecule has 1 atom stereocenters. The zero-order chi connectivity index (χ0) is 16.4. The second-order valence-corrected chi connectivity index (χ2v) is 8.03. The van der Waals surface area contributed by atoms with Gasteiger partial charge < -0.3 is 9.64 Å². The summed E-state index contributed by atoms with van der Waals surface area (Å²) in [6, 6.07) is 0. The average molecular weight is 355 g/mol. The summed E-state index contributed by atoms with van der Waals surface area (Å²) in [6.45, 7) is 7.10. The van der Waals surface area contributed by atoms with Crippen LogP contribution in [-0.2, 0) is 22.5 Å². The number of nitrogens with zero attached hydrogens (tertiary/aromatic N) is 3. The molecular formula is C15H21N3O3S2. The number of ether oxygens (including phenoxy) is 1. The molecule has 3 rings (SSSR count). The molecule has 0 unspecified atom stereocenters. The summed E-state index contributed by atoms with van der Waals surface area (Å²) in [5, 5.41) is 1.05. The summed E-state index contributed by atoms with van der Waals surface area (Å²) in [7, 11) is 0. The molecule has 0 aromatic carbocycles. The molecule has 1 amide bonds. The first-order chi connectivity index (χ1) is 11.1. The van der Waals surface area contributed by atoms with Crippen LogP contribution in [0.2, 0.25) is 0 Å². The maximum Gasteiger partial charge on any atom is 0.268 e. The normalized spacial score (nSPS) is 20.6. The van der Waals surface area contributed by atoms with Gasteiger partial charge in [-0.1, -0.05) is 18.7 Å². The molecule has 3 heterocycles. The molecule has 0 aliphatic carbocycles. The summed E-state index contributed by atoms with van der Waals surface area (Å²) in [6.07, 6.45) is 0.824. The molecule has 1 saturated heterocycles. The van der Waals surface area contributed by atoms with Crippen LogP contribution in [-0.4, -0.2) is 57.7 Å². The van der Waals surface area contributed by atoms with E-state index < -0.39 is 0 Å². The van der Waals surface area contributed by atoms with E-state index in [9.17, 15) is 9.59 Å². The minimum atomic E-state index is 0.0353. The van der Waals surface area contributed by atoms with Gasteiger partial charge in [0.2, 0.25) is 5.91 Å². The Hall–Kier alpha value is -0.990. The van der Waals surface area contributed by atoms with Gasteiger partial charge in [-0.15, -0.1) is 11.8 Å². The Balaban J connectivity index is 1.75. The predicted octanol–water partition coefficient (Wildman–Crippen LogP) is 1.25. The first-order valence-electron chi connectivity index (χ1n) is 7.88. The van der Waals surface area contributed by atoms with Gasteiger partial charge in [-0.2, -0.15) is 0 Å². The standard InChI is InChI=1S/C15H21N3O3S2/c1-3-18-14(20)13-11(8-10(2)23-13)16-15(18)22-9-12(19)17-4-6-21-7-5-17/h10H,3-9H2,1-2H3/t10-/m1/s1. The molecule has 1 aromatic rings. The Morgan fingerprint density at radius 3 is 2.87 bits per heavy atom. The predicted molar refractivity (Wildman–Crippen MR) is 91.3 cm³/mol. The quantitative estimate of drug-likeness (QED) is 0.598. The van der Waals surface area contributed by atoms with E-state index >= 15 is 0 Å². The number of carbonyl (C=O) groups excluding carboxylic acids is 1. The molecular weight excluding hydrogens is 334 g/mol. The van der Waals surface area contributed by atoms with Crippen molar-refractivity contribution in [3.05, 3.63) is 16.0 Å². The lowest BCUT2D eigenvalue weighted by atomic mass is 10.2. The van der Waals surface area contributed by atoms with Crippen molar-refractivity contribution in [2.75, 3.05) is 32.1 Å². The van der Waals surface area contributed by atoms with Crippen LogP contribution in [0.15, 0.2) is 14.8 Å². The van der Waals surface area contributed by atoms with E-state index in [-0.39, 0.29) is 11.5 Å². The Morgan fingerprint density at radius 1 is 1.43 bits per heavy atom. The minimum absolute atomic E-state index is 0.0353. The number of carbonyl (C=O) groups is 1. The second kappa shape index (κ2) is 7.27. The largest absolute Gasteiger partial charge is 0.378 e. The number of amides is 1. The van der Waals surface area contributed by atoms with Gasteiger partial charge in [0, 0.05) is 31.3 Å². The molecule has 1 fully saturated rings. The van der Waals surface area contributed by atoms with Gasteiger partial charge in [0.15, 0.2) is 5.16 Å². The van der Waals surface area contributed by atoms with Gasteiger partial charge in [0.05, 0.1) is 29.6 Å². The topological polar surface area (TPSA) is 64.4 Å². The Bertz CT molecular complexity index is 656.